The van der Waals surface area contributed by atoms with Crippen molar-refractivity contribution in [3.05, 3.63) is 0 Å². The van der Waals surface area contributed by atoms with Gasteiger partial charge in [-0.05, 0) is 25.2 Å². The van der Waals surface area contributed by atoms with E-state index >= 15 is 0 Å². The molecule has 6 nitrogen and oxygen atoms in total. The minimum atomic E-state index is -0.860. The molecule has 0 spiro atoms. The summed E-state index contributed by atoms with van der Waals surface area (Å²) in [5.74, 6) is -0.492. The third kappa shape index (κ3) is 5.90. The lowest BCUT2D eigenvalue weighted by atomic mass is 10.0. The van der Waals surface area contributed by atoms with Crippen LogP contribution >= 0.6 is 0 Å². The lowest BCUT2D eigenvalue weighted by molar-refractivity contribution is -0.137. The summed E-state index contributed by atoms with van der Waals surface area (Å²) in [7, 11) is -0.860. The fourth-order valence-electron chi connectivity index (χ4n) is 2.24. The van der Waals surface area contributed by atoms with Gasteiger partial charge in [0.1, 0.15) is 0 Å². The quantitative estimate of drug-likeness (QED) is 0.736. The number of hydrogen-bond acceptors (Lipinski definition) is 3. The van der Waals surface area contributed by atoms with Crippen LogP contribution in [-0.4, -0.2) is 57.4 Å². The van der Waals surface area contributed by atoms with Crippen LogP contribution in [0.5, 0.6) is 0 Å². The van der Waals surface area contributed by atoms with E-state index in [4.69, 9.17) is 5.11 Å². The number of amides is 2. The van der Waals surface area contributed by atoms with Gasteiger partial charge in [-0.15, -0.1) is 0 Å². The number of carboxylic acid groups (broad SMARTS) is 1. The van der Waals surface area contributed by atoms with E-state index in [0.717, 1.165) is 6.42 Å². The first-order chi connectivity index (χ1) is 9.40. The first kappa shape index (κ1) is 16.9. The zero-order chi connectivity index (χ0) is 15.1. The van der Waals surface area contributed by atoms with Crippen LogP contribution in [-0.2, 0) is 15.6 Å². The Morgan fingerprint density at radius 2 is 2.20 bits per heavy atom. The minimum Gasteiger partial charge on any atom is -0.481 e. The Kier molecular flexibility index (Phi) is 6.98. The molecule has 0 aromatic carbocycles. The second-order valence-electron chi connectivity index (χ2n) is 5.36. The average molecular weight is 304 g/mol. The molecular formula is C13H24N2O4S. The highest BCUT2D eigenvalue weighted by molar-refractivity contribution is 7.84. The Hall–Kier alpha value is -1.11. The number of hydrogen-bond donors (Lipinski definition) is 2. The maximum Gasteiger partial charge on any atom is 0.317 e. The highest BCUT2D eigenvalue weighted by Gasteiger charge is 2.26. The van der Waals surface area contributed by atoms with Crippen LogP contribution < -0.4 is 5.32 Å². The number of aliphatic carboxylic acids is 1. The summed E-state index contributed by atoms with van der Waals surface area (Å²) in [6.45, 7) is 3.75. The number of urea groups is 1. The molecule has 0 saturated carbocycles. The molecule has 2 N–H and O–H groups in total. The molecule has 1 heterocycles. The topological polar surface area (TPSA) is 86.7 Å². The molecule has 3 unspecified atom stereocenters. The molecular weight excluding hydrogens is 280 g/mol. The highest BCUT2D eigenvalue weighted by atomic mass is 32.2. The standard InChI is InChI=1S/C13H24N2O4S/c1-10(20(2)19)5-7-14-13(18)15-8-6-11(9-15)3-4-12(16)17/h10-11H,3-9H2,1-2H3,(H,14,18)(H,16,17). The third-order valence-electron chi connectivity index (χ3n) is 3.73. The van der Waals surface area contributed by atoms with Crippen LogP contribution in [0.4, 0.5) is 4.79 Å². The minimum absolute atomic E-state index is 0.0807. The molecule has 1 fully saturated rings. The molecule has 7 heteroatoms. The van der Waals surface area contributed by atoms with E-state index < -0.39 is 16.8 Å². The molecule has 20 heavy (non-hydrogen) atoms. The number of carbonyl (C=O) groups excluding carboxylic acids is 1. The van der Waals surface area contributed by atoms with Gasteiger partial charge in [0.25, 0.3) is 0 Å². The molecule has 2 amide bonds. The predicted octanol–water partition coefficient (Wildman–Crippen LogP) is 1.04. The normalized spacial score (nSPS) is 21.5. The van der Waals surface area contributed by atoms with Gasteiger partial charge in [0.15, 0.2) is 0 Å². The van der Waals surface area contributed by atoms with Gasteiger partial charge >= 0.3 is 12.0 Å². The SMILES string of the molecule is CC(CCNC(=O)N1CCC(CCC(=O)O)C1)S(C)=O. The summed E-state index contributed by atoms with van der Waals surface area (Å²) in [6.07, 6.45) is 4.03. The van der Waals surface area contributed by atoms with Crippen molar-refractivity contribution in [2.75, 3.05) is 25.9 Å². The number of nitrogens with one attached hydrogen (secondary N) is 1. The number of likely N-dealkylation sites (tertiary alicyclic amines) is 1. The Morgan fingerprint density at radius 3 is 2.80 bits per heavy atom. The van der Waals surface area contributed by atoms with Crippen molar-refractivity contribution >= 4 is 22.8 Å². The van der Waals surface area contributed by atoms with Crippen molar-refractivity contribution in [1.29, 1.82) is 0 Å². The van der Waals surface area contributed by atoms with Crippen LogP contribution in [0.25, 0.3) is 0 Å². The fraction of sp³-hybridized carbons (Fsp3) is 0.846. The van der Waals surface area contributed by atoms with Crippen molar-refractivity contribution in [1.82, 2.24) is 10.2 Å². The predicted molar refractivity (Wildman–Crippen MR) is 78.1 cm³/mol. The summed E-state index contributed by atoms with van der Waals surface area (Å²) in [6, 6.07) is -0.100. The fourth-order valence-corrected chi connectivity index (χ4v) is 2.69. The van der Waals surface area contributed by atoms with Gasteiger partial charge in [-0.3, -0.25) is 9.00 Å². The zero-order valence-electron chi connectivity index (χ0n) is 12.1. The maximum absolute atomic E-state index is 11.9. The van der Waals surface area contributed by atoms with Gasteiger partial charge in [0.2, 0.25) is 0 Å². The molecule has 3 atom stereocenters. The van der Waals surface area contributed by atoms with Crippen molar-refractivity contribution in [3.8, 4) is 0 Å². The van der Waals surface area contributed by atoms with E-state index in [1.165, 1.54) is 0 Å². The molecule has 0 aliphatic carbocycles. The zero-order valence-corrected chi connectivity index (χ0v) is 12.9. The molecule has 1 aliphatic heterocycles. The monoisotopic (exact) mass is 304 g/mol. The molecule has 0 bridgehead atoms. The van der Waals surface area contributed by atoms with Gasteiger partial charge in [-0.1, -0.05) is 6.92 Å². The van der Waals surface area contributed by atoms with Gasteiger partial charge in [-0.2, -0.15) is 0 Å². The largest absolute Gasteiger partial charge is 0.481 e. The van der Waals surface area contributed by atoms with Crippen molar-refractivity contribution in [2.24, 2.45) is 5.92 Å². The Labute approximate surface area is 122 Å². The first-order valence-electron chi connectivity index (χ1n) is 6.97. The van der Waals surface area contributed by atoms with E-state index in [2.05, 4.69) is 5.32 Å². The van der Waals surface area contributed by atoms with Gasteiger partial charge in [0, 0.05) is 48.4 Å². The van der Waals surface area contributed by atoms with Crippen LogP contribution in [0.2, 0.25) is 0 Å². The number of carboxylic acids is 1. The number of carbonyl (C=O) groups is 2. The summed E-state index contributed by atoms with van der Waals surface area (Å²) >= 11 is 0. The van der Waals surface area contributed by atoms with Gasteiger partial charge < -0.3 is 15.3 Å². The molecule has 1 rings (SSSR count). The van der Waals surface area contributed by atoms with Crippen LogP contribution in [0, 0.1) is 5.92 Å². The van der Waals surface area contributed by atoms with Crippen LogP contribution in [0.1, 0.15) is 32.6 Å². The lowest BCUT2D eigenvalue weighted by Gasteiger charge is -2.18. The van der Waals surface area contributed by atoms with E-state index in [1.54, 1.807) is 11.2 Å². The number of nitrogens with zero attached hydrogens (tertiary/aromatic N) is 1. The molecule has 1 saturated heterocycles. The summed E-state index contributed by atoms with van der Waals surface area (Å²) in [4.78, 5) is 24.2. The smallest absolute Gasteiger partial charge is 0.317 e. The lowest BCUT2D eigenvalue weighted by Crippen LogP contribution is -2.39. The third-order valence-corrected chi connectivity index (χ3v) is 5.10. The van der Waals surface area contributed by atoms with E-state index in [1.807, 2.05) is 6.92 Å². The van der Waals surface area contributed by atoms with Crippen molar-refractivity contribution in [3.63, 3.8) is 0 Å². The summed E-state index contributed by atoms with van der Waals surface area (Å²) in [5, 5.41) is 11.6. The average Bonchev–Trinajstić information content (AvgIpc) is 2.84. The molecule has 1 aliphatic rings. The van der Waals surface area contributed by atoms with E-state index in [9.17, 15) is 13.8 Å². The first-order valence-corrected chi connectivity index (χ1v) is 8.59. The van der Waals surface area contributed by atoms with E-state index in [-0.39, 0.29) is 17.7 Å². The molecule has 0 radical (unpaired) electrons. The van der Waals surface area contributed by atoms with Gasteiger partial charge in [0.05, 0.1) is 0 Å². The Morgan fingerprint density at radius 1 is 1.50 bits per heavy atom. The van der Waals surface area contributed by atoms with E-state index in [0.29, 0.717) is 38.4 Å². The molecule has 0 aromatic heterocycles. The second kappa shape index (κ2) is 8.24. The Bertz CT molecular complexity index is 375. The molecule has 0 aromatic rings. The van der Waals surface area contributed by atoms with Crippen LogP contribution in [0.3, 0.4) is 0 Å². The summed E-state index contributed by atoms with van der Waals surface area (Å²) < 4.78 is 11.2. The van der Waals surface area contributed by atoms with Gasteiger partial charge in [-0.25, -0.2) is 4.79 Å². The maximum atomic E-state index is 11.9. The van der Waals surface area contributed by atoms with Crippen molar-refractivity contribution < 1.29 is 18.9 Å². The Balaban J connectivity index is 2.21. The van der Waals surface area contributed by atoms with Crippen LogP contribution in [0.15, 0.2) is 0 Å². The second-order valence-corrected chi connectivity index (χ2v) is 7.16. The van der Waals surface area contributed by atoms with Crippen molar-refractivity contribution in [2.45, 2.75) is 37.9 Å². The number of rotatable bonds is 7. The highest BCUT2D eigenvalue weighted by Crippen LogP contribution is 2.20. The molecule has 116 valence electrons. The summed E-state index contributed by atoms with van der Waals surface area (Å²) in [5.41, 5.74) is 0.